The van der Waals surface area contributed by atoms with Gasteiger partial charge in [0, 0.05) is 7.05 Å². The van der Waals surface area contributed by atoms with E-state index in [-0.39, 0.29) is 23.5 Å². The van der Waals surface area contributed by atoms with Gasteiger partial charge < -0.3 is 10.6 Å². The van der Waals surface area contributed by atoms with Gasteiger partial charge in [0.1, 0.15) is 6.04 Å². The third-order valence-electron chi connectivity index (χ3n) is 2.75. The number of likely N-dealkylation sites (N-methyl/N-ethyl adjacent to an activating group) is 1. The first-order chi connectivity index (χ1) is 9.35. The van der Waals surface area contributed by atoms with Gasteiger partial charge in [-0.3, -0.25) is 14.4 Å². The van der Waals surface area contributed by atoms with Crippen LogP contribution in [0.3, 0.4) is 0 Å². The summed E-state index contributed by atoms with van der Waals surface area (Å²) in [5, 5.41) is 5.26. The highest BCUT2D eigenvalue weighted by molar-refractivity contribution is 7.15. The summed E-state index contributed by atoms with van der Waals surface area (Å²) in [5.74, 6) is -0.319. The Labute approximate surface area is 122 Å². The second-order valence-corrected chi connectivity index (χ2v) is 6.07. The largest absolute Gasteiger partial charge is 0.357 e. The van der Waals surface area contributed by atoms with Crippen molar-refractivity contribution in [1.29, 1.82) is 0 Å². The Morgan fingerprint density at radius 3 is 2.25 bits per heavy atom. The lowest BCUT2D eigenvalue weighted by atomic mass is 10.0. The van der Waals surface area contributed by atoms with Gasteiger partial charge in [0.2, 0.25) is 5.91 Å². The predicted molar refractivity (Wildman–Crippen MR) is 79.1 cm³/mol. The van der Waals surface area contributed by atoms with Gasteiger partial charge in [0.25, 0.3) is 5.91 Å². The van der Waals surface area contributed by atoms with Gasteiger partial charge in [-0.05, 0) is 31.4 Å². The number of ketones is 1. The Bertz CT molecular complexity index is 508. The molecule has 0 bridgehead atoms. The monoisotopic (exact) mass is 296 g/mol. The van der Waals surface area contributed by atoms with Crippen LogP contribution >= 0.6 is 11.3 Å². The number of rotatable bonds is 6. The molecular formula is C14H20N2O3S. The summed E-state index contributed by atoms with van der Waals surface area (Å²) >= 11 is 1.14. The third kappa shape index (κ3) is 4.45. The van der Waals surface area contributed by atoms with Crippen LogP contribution in [0, 0.1) is 5.92 Å². The smallest absolute Gasteiger partial charge is 0.262 e. The maximum Gasteiger partial charge on any atom is 0.262 e. The summed E-state index contributed by atoms with van der Waals surface area (Å²) in [7, 11) is 1.54. The van der Waals surface area contributed by atoms with Crippen molar-refractivity contribution >= 4 is 28.9 Å². The number of thiophene rings is 1. The van der Waals surface area contributed by atoms with Gasteiger partial charge in [0.05, 0.1) is 9.75 Å². The molecule has 0 unspecified atom stereocenters. The molecule has 5 nitrogen and oxygen atoms in total. The van der Waals surface area contributed by atoms with Crippen molar-refractivity contribution in [1.82, 2.24) is 10.6 Å². The quantitative estimate of drug-likeness (QED) is 0.787. The van der Waals surface area contributed by atoms with Crippen molar-refractivity contribution in [3.63, 3.8) is 0 Å². The van der Waals surface area contributed by atoms with E-state index in [9.17, 15) is 14.4 Å². The minimum Gasteiger partial charge on any atom is -0.357 e. The summed E-state index contributed by atoms with van der Waals surface area (Å²) in [6.45, 7) is 5.43. The highest BCUT2D eigenvalue weighted by Crippen LogP contribution is 2.17. The maximum atomic E-state index is 12.1. The SMILES string of the molecule is CNC(=O)[C@H](CC(C)C)NC(=O)c1ccc(C(C)=O)s1. The van der Waals surface area contributed by atoms with E-state index < -0.39 is 6.04 Å². The van der Waals surface area contributed by atoms with Crippen molar-refractivity contribution in [3.05, 3.63) is 21.9 Å². The van der Waals surface area contributed by atoms with Crippen LogP contribution in [-0.2, 0) is 4.79 Å². The molecule has 0 fully saturated rings. The fraction of sp³-hybridized carbons (Fsp3) is 0.500. The minimum atomic E-state index is -0.560. The molecule has 110 valence electrons. The van der Waals surface area contributed by atoms with Gasteiger partial charge in [-0.25, -0.2) is 0 Å². The second kappa shape index (κ2) is 7.19. The molecule has 1 rings (SSSR count). The highest BCUT2D eigenvalue weighted by atomic mass is 32.1. The van der Waals surface area contributed by atoms with Crippen molar-refractivity contribution in [2.75, 3.05) is 7.05 Å². The molecule has 0 aliphatic rings. The number of hydrogen-bond donors (Lipinski definition) is 2. The number of carbonyl (C=O) groups is 3. The molecule has 0 aliphatic heterocycles. The van der Waals surface area contributed by atoms with Crippen LogP contribution in [0.15, 0.2) is 12.1 Å². The molecule has 0 saturated heterocycles. The van der Waals surface area contributed by atoms with Crippen molar-refractivity contribution in [3.8, 4) is 0 Å². The van der Waals surface area contributed by atoms with E-state index in [0.717, 1.165) is 11.3 Å². The third-order valence-corrected chi connectivity index (χ3v) is 3.94. The number of amides is 2. The van der Waals surface area contributed by atoms with Gasteiger partial charge in [-0.1, -0.05) is 13.8 Å². The zero-order chi connectivity index (χ0) is 15.3. The van der Waals surface area contributed by atoms with E-state index >= 15 is 0 Å². The Morgan fingerprint density at radius 2 is 1.80 bits per heavy atom. The number of nitrogens with one attached hydrogen (secondary N) is 2. The Morgan fingerprint density at radius 1 is 1.20 bits per heavy atom. The van der Waals surface area contributed by atoms with Crippen LogP contribution in [0.4, 0.5) is 0 Å². The Kier molecular flexibility index (Phi) is 5.88. The molecule has 1 aromatic rings. The van der Waals surface area contributed by atoms with Crippen LogP contribution < -0.4 is 10.6 Å². The van der Waals surface area contributed by atoms with E-state index in [0.29, 0.717) is 16.2 Å². The molecule has 1 aromatic heterocycles. The van der Waals surface area contributed by atoms with E-state index in [1.165, 1.54) is 6.92 Å². The Hall–Kier alpha value is -1.69. The summed E-state index contributed by atoms with van der Waals surface area (Å²) in [5.41, 5.74) is 0. The van der Waals surface area contributed by atoms with Crippen LogP contribution in [0.5, 0.6) is 0 Å². The zero-order valence-electron chi connectivity index (χ0n) is 12.1. The molecule has 1 atom stereocenters. The lowest BCUT2D eigenvalue weighted by molar-refractivity contribution is -0.122. The van der Waals surface area contributed by atoms with Crippen LogP contribution in [-0.4, -0.2) is 30.7 Å². The van der Waals surface area contributed by atoms with E-state index in [4.69, 9.17) is 0 Å². The van der Waals surface area contributed by atoms with Gasteiger partial charge in [0.15, 0.2) is 5.78 Å². The topological polar surface area (TPSA) is 75.3 Å². The standard InChI is InChI=1S/C14H20N2O3S/c1-8(2)7-10(13(18)15-4)16-14(19)12-6-5-11(20-12)9(3)17/h5-6,8,10H,7H2,1-4H3,(H,15,18)(H,16,19)/t10-/m0/s1. The van der Waals surface area contributed by atoms with Crippen molar-refractivity contribution < 1.29 is 14.4 Å². The fourth-order valence-corrected chi connectivity index (χ4v) is 2.56. The number of hydrogen-bond acceptors (Lipinski definition) is 4. The summed E-state index contributed by atoms with van der Waals surface area (Å²) in [4.78, 5) is 36.0. The first kappa shape index (κ1) is 16.4. The zero-order valence-corrected chi connectivity index (χ0v) is 13.0. The molecule has 0 spiro atoms. The first-order valence-electron chi connectivity index (χ1n) is 6.48. The number of Topliss-reactive ketones (excluding diaryl/α,β-unsaturated/α-hetero) is 1. The lowest BCUT2D eigenvalue weighted by Gasteiger charge is -2.18. The molecule has 6 heteroatoms. The molecule has 0 aromatic carbocycles. The van der Waals surface area contributed by atoms with Crippen molar-refractivity contribution in [2.24, 2.45) is 5.92 Å². The molecule has 2 N–H and O–H groups in total. The van der Waals surface area contributed by atoms with Gasteiger partial charge >= 0.3 is 0 Å². The summed E-state index contributed by atoms with van der Waals surface area (Å²) < 4.78 is 0. The highest BCUT2D eigenvalue weighted by Gasteiger charge is 2.22. The summed E-state index contributed by atoms with van der Waals surface area (Å²) in [6.07, 6.45) is 0.566. The molecular weight excluding hydrogens is 276 g/mol. The van der Waals surface area contributed by atoms with Gasteiger partial charge in [-0.15, -0.1) is 11.3 Å². The maximum absolute atomic E-state index is 12.1. The molecule has 1 heterocycles. The van der Waals surface area contributed by atoms with Crippen molar-refractivity contribution in [2.45, 2.75) is 33.2 Å². The second-order valence-electron chi connectivity index (χ2n) is 4.99. The first-order valence-corrected chi connectivity index (χ1v) is 7.30. The van der Waals surface area contributed by atoms with E-state index in [1.807, 2.05) is 13.8 Å². The molecule has 0 saturated carbocycles. The molecule has 0 radical (unpaired) electrons. The molecule has 2 amide bonds. The predicted octanol–water partition coefficient (Wildman–Crippen LogP) is 1.84. The van der Waals surface area contributed by atoms with Crippen LogP contribution in [0.25, 0.3) is 0 Å². The normalized spacial score (nSPS) is 12.1. The van der Waals surface area contributed by atoms with Crippen LogP contribution in [0.2, 0.25) is 0 Å². The van der Waals surface area contributed by atoms with E-state index in [1.54, 1.807) is 19.2 Å². The summed E-state index contributed by atoms with van der Waals surface area (Å²) in [6, 6.07) is 2.67. The molecule has 0 aliphatic carbocycles. The minimum absolute atomic E-state index is 0.0703. The average Bonchev–Trinajstić information content (AvgIpc) is 2.86. The molecule has 20 heavy (non-hydrogen) atoms. The van der Waals surface area contributed by atoms with Gasteiger partial charge in [-0.2, -0.15) is 0 Å². The average molecular weight is 296 g/mol. The Balaban J connectivity index is 2.78. The van der Waals surface area contributed by atoms with E-state index in [2.05, 4.69) is 10.6 Å². The lowest BCUT2D eigenvalue weighted by Crippen LogP contribution is -2.46. The fourth-order valence-electron chi connectivity index (χ4n) is 1.76. The number of carbonyl (C=O) groups excluding carboxylic acids is 3. The van der Waals surface area contributed by atoms with Crippen LogP contribution in [0.1, 0.15) is 46.5 Å².